The lowest BCUT2D eigenvalue weighted by atomic mass is 10.0. The number of halogens is 1. The zero-order valence-corrected chi connectivity index (χ0v) is 14.9. The van der Waals surface area contributed by atoms with E-state index in [1.165, 1.54) is 6.20 Å². The van der Waals surface area contributed by atoms with Crippen LogP contribution in [0.25, 0.3) is 0 Å². The molecule has 0 aliphatic rings. The number of aromatic nitrogens is 2. The van der Waals surface area contributed by atoms with E-state index in [-0.39, 0.29) is 36.6 Å². The van der Waals surface area contributed by atoms with Gasteiger partial charge in [-0.2, -0.15) is 0 Å². The lowest BCUT2D eigenvalue weighted by Crippen LogP contribution is -2.35. The van der Waals surface area contributed by atoms with Gasteiger partial charge in [-0.3, -0.25) is 4.79 Å². The van der Waals surface area contributed by atoms with E-state index in [9.17, 15) is 14.9 Å². The highest BCUT2D eigenvalue weighted by Gasteiger charge is 2.17. The number of aryl methyl sites for hydroxylation is 2. The van der Waals surface area contributed by atoms with Gasteiger partial charge in [0.2, 0.25) is 11.7 Å². The number of hydrogen-bond donors (Lipinski definition) is 1. The Kier molecular flexibility index (Phi) is 8.78. The summed E-state index contributed by atoms with van der Waals surface area (Å²) in [7, 11) is 1.75. The average Bonchev–Trinajstić information content (AvgIpc) is 2.83. The van der Waals surface area contributed by atoms with Gasteiger partial charge in [0.25, 0.3) is 0 Å². The highest BCUT2D eigenvalue weighted by atomic mass is 35.5. The summed E-state index contributed by atoms with van der Waals surface area (Å²) in [6, 6.07) is 0.0776. The molecule has 1 unspecified atom stereocenters. The highest BCUT2D eigenvalue weighted by molar-refractivity contribution is 5.85. The fraction of sp³-hybridized carbons (Fsp3) is 0.714. The predicted molar refractivity (Wildman–Crippen MR) is 90.6 cm³/mol. The molecule has 23 heavy (non-hydrogen) atoms. The summed E-state index contributed by atoms with van der Waals surface area (Å²) in [5.74, 6) is 0.717. The third-order valence-electron chi connectivity index (χ3n) is 3.80. The van der Waals surface area contributed by atoms with E-state index < -0.39 is 4.92 Å². The minimum Gasteiger partial charge on any atom is -0.358 e. The first-order valence-electron chi connectivity index (χ1n) is 7.40. The topological polar surface area (TPSA) is 107 Å². The maximum Gasteiger partial charge on any atom is 0.381 e. The molecule has 1 aromatic rings. The van der Waals surface area contributed by atoms with Crippen molar-refractivity contribution in [1.29, 1.82) is 0 Å². The fourth-order valence-electron chi connectivity index (χ4n) is 2.01. The number of nitro groups is 1. The minimum atomic E-state index is -0.537. The number of hydrogen-bond acceptors (Lipinski definition) is 5. The quantitative estimate of drug-likeness (QED) is 0.569. The highest BCUT2D eigenvalue weighted by Crippen LogP contribution is 2.11. The van der Waals surface area contributed by atoms with Crippen LogP contribution in [0.15, 0.2) is 6.20 Å². The van der Waals surface area contributed by atoms with Crippen LogP contribution in [0, 0.1) is 23.0 Å². The first-order valence-corrected chi connectivity index (χ1v) is 7.40. The Morgan fingerprint density at radius 1 is 1.52 bits per heavy atom. The summed E-state index contributed by atoms with van der Waals surface area (Å²) in [6.07, 6.45) is 2.40. The molecule has 132 valence electrons. The summed E-state index contributed by atoms with van der Waals surface area (Å²) in [5, 5.41) is 10.7. The molecule has 0 aromatic carbocycles. The molecule has 0 aliphatic carbocycles. The molecular formula is C14H26ClN5O3. The van der Waals surface area contributed by atoms with Crippen molar-refractivity contribution in [2.24, 2.45) is 11.7 Å². The largest absolute Gasteiger partial charge is 0.381 e. The van der Waals surface area contributed by atoms with E-state index in [2.05, 4.69) is 18.8 Å². The monoisotopic (exact) mass is 347 g/mol. The van der Waals surface area contributed by atoms with Crippen LogP contribution >= 0.6 is 12.4 Å². The Balaban J connectivity index is 0.00000484. The molecule has 0 spiro atoms. The van der Waals surface area contributed by atoms with Crippen molar-refractivity contribution in [2.45, 2.75) is 46.2 Å². The van der Waals surface area contributed by atoms with E-state index in [1.807, 2.05) is 0 Å². The van der Waals surface area contributed by atoms with Gasteiger partial charge in [0.05, 0.1) is 0 Å². The van der Waals surface area contributed by atoms with Crippen LogP contribution < -0.4 is 5.73 Å². The van der Waals surface area contributed by atoms with E-state index in [1.54, 1.807) is 23.4 Å². The van der Waals surface area contributed by atoms with E-state index in [4.69, 9.17) is 5.73 Å². The number of carbonyl (C=O) groups is 1. The van der Waals surface area contributed by atoms with Gasteiger partial charge in [-0.1, -0.05) is 13.8 Å². The second kappa shape index (κ2) is 9.46. The van der Waals surface area contributed by atoms with Crippen LogP contribution in [-0.4, -0.2) is 44.9 Å². The van der Waals surface area contributed by atoms with E-state index >= 15 is 0 Å². The Morgan fingerprint density at radius 3 is 2.61 bits per heavy atom. The number of imidazole rings is 1. The summed E-state index contributed by atoms with van der Waals surface area (Å²) in [6.45, 7) is 6.79. The molecule has 0 saturated heterocycles. The molecular weight excluding hydrogens is 322 g/mol. The van der Waals surface area contributed by atoms with Crippen molar-refractivity contribution in [3.8, 4) is 0 Å². The minimum absolute atomic E-state index is 0. The lowest BCUT2D eigenvalue weighted by molar-refractivity contribution is -0.389. The van der Waals surface area contributed by atoms with Crippen LogP contribution in [-0.2, 0) is 11.3 Å². The number of nitrogens with zero attached hydrogens (tertiary/aromatic N) is 4. The SMILES string of the molecule is Cc1nc([N+](=O)[O-])cn1CCC(=O)N(C)CCC(N)C(C)C.Cl. The zero-order chi connectivity index (χ0) is 16.9. The predicted octanol–water partition coefficient (Wildman–Crippen LogP) is 1.74. The third kappa shape index (κ3) is 6.54. The average molecular weight is 348 g/mol. The third-order valence-corrected chi connectivity index (χ3v) is 3.80. The zero-order valence-electron chi connectivity index (χ0n) is 14.1. The molecule has 1 aromatic heterocycles. The van der Waals surface area contributed by atoms with Crippen LogP contribution in [0.5, 0.6) is 0 Å². The van der Waals surface area contributed by atoms with Gasteiger partial charge in [0, 0.05) is 39.5 Å². The molecule has 0 aliphatic heterocycles. The molecule has 1 heterocycles. The van der Waals surface area contributed by atoms with Crippen LogP contribution in [0.2, 0.25) is 0 Å². The Hall–Kier alpha value is -1.67. The second-order valence-corrected chi connectivity index (χ2v) is 5.86. The van der Waals surface area contributed by atoms with Gasteiger partial charge in [0.15, 0.2) is 0 Å². The maximum absolute atomic E-state index is 12.1. The molecule has 0 bridgehead atoms. The van der Waals surface area contributed by atoms with Crippen molar-refractivity contribution in [3.63, 3.8) is 0 Å². The van der Waals surface area contributed by atoms with Crippen molar-refractivity contribution in [3.05, 3.63) is 22.1 Å². The van der Waals surface area contributed by atoms with Crippen LogP contribution in [0.1, 0.15) is 32.5 Å². The standard InChI is InChI=1S/C14H25N5O3.ClH/c1-10(2)12(15)5-7-17(4)14(20)6-8-18-9-13(19(21)22)16-11(18)3;/h9-10,12H,5-8,15H2,1-4H3;1H. The maximum atomic E-state index is 12.1. The molecule has 1 rings (SSSR count). The van der Waals surface area contributed by atoms with Crippen molar-refractivity contribution >= 4 is 24.1 Å². The van der Waals surface area contributed by atoms with E-state index in [0.717, 1.165) is 6.42 Å². The first kappa shape index (κ1) is 21.3. The smallest absolute Gasteiger partial charge is 0.358 e. The number of carbonyl (C=O) groups excluding carboxylic acids is 1. The summed E-state index contributed by atoms with van der Waals surface area (Å²) in [4.78, 5) is 27.7. The second-order valence-electron chi connectivity index (χ2n) is 5.86. The van der Waals surface area contributed by atoms with Crippen molar-refractivity contribution in [2.75, 3.05) is 13.6 Å². The normalized spacial score (nSPS) is 11.9. The Labute approximate surface area is 142 Å². The number of nitrogens with two attached hydrogens (primary N) is 1. The Morgan fingerprint density at radius 2 is 2.13 bits per heavy atom. The van der Waals surface area contributed by atoms with Gasteiger partial charge < -0.3 is 25.3 Å². The molecule has 8 nitrogen and oxygen atoms in total. The summed E-state index contributed by atoms with van der Waals surface area (Å²) in [5.41, 5.74) is 5.97. The molecule has 1 amide bonds. The fourth-order valence-corrected chi connectivity index (χ4v) is 2.01. The van der Waals surface area contributed by atoms with Gasteiger partial charge in [0.1, 0.15) is 6.20 Å². The molecule has 9 heteroatoms. The van der Waals surface area contributed by atoms with E-state index in [0.29, 0.717) is 24.8 Å². The van der Waals surface area contributed by atoms with Crippen molar-refractivity contribution in [1.82, 2.24) is 14.5 Å². The van der Waals surface area contributed by atoms with Gasteiger partial charge in [-0.05, 0) is 22.2 Å². The number of amides is 1. The first-order chi connectivity index (χ1) is 10.2. The summed E-state index contributed by atoms with van der Waals surface area (Å²) < 4.78 is 1.63. The van der Waals surface area contributed by atoms with Gasteiger partial charge in [-0.15, -0.1) is 12.4 Å². The molecule has 1 atom stereocenters. The van der Waals surface area contributed by atoms with Crippen LogP contribution in [0.3, 0.4) is 0 Å². The molecule has 0 saturated carbocycles. The van der Waals surface area contributed by atoms with Gasteiger partial charge >= 0.3 is 5.82 Å². The van der Waals surface area contributed by atoms with Crippen LogP contribution in [0.4, 0.5) is 5.82 Å². The lowest BCUT2D eigenvalue weighted by Gasteiger charge is -2.21. The van der Waals surface area contributed by atoms with Gasteiger partial charge in [-0.25, -0.2) is 0 Å². The Bertz CT molecular complexity index is 532. The number of rotatable bonds is 8. The molecule has 2 N–H and O–H groups in total. The summed E-state index contributed by atoms with van der Waals surface area (Å²) >= 11 is 0. The molecule has 0 fully saturated rings. The molecule has 0 radical (unpaired) electrons. The van der Waals surface area contributed by atoms with Crippen molar-refractivity contribution < 1.29 is 9.72 Å².